The van der Waals surface area contributed by atoms with Gasteiger partial charge in [-0.3, -0.25) is 0 Å². The fraction of sp³-hybridized carbons (Fsp3) is 0.333. The molecule has 0 spiro atoms. The van der Waals surface area contributed by atoms with Crippen LogP contribution in [0.15, 0.2) is 23.1 Å². The van der Waals surface area contributed by atoms with Gasteiger partial charge in [-0.25, -0.2) is 17.2 Å². The number of hydrogen-bond donors (Lipinski definition) is 0. The number of aromatic nitrogens is 3. The van der Waals surface area contributed by atoms with Crippen molar-refractivity contribution in [2.75, 3.05) is 7.05 Å². The summed E-state index contributed by atoms with van der Waals surface area (Å²) >= 11 is 0. The Kier molecular flexibility index (Phi) is 4.06. The fourth-order valence-electron chi connectivity index (χ4n) is 1.76. The van der Waals surface area contributed by atoms with E-state index < -0.39 is 26.6 Å². The summed E-state index contributed by atoms with van der Waals surface area (Å²) in [5, 5.41) is 7.63. The van der Waals surface area contributed by atoms with Gasteiger partial charge in [0.05, 0.1) is 6.54 Å². The highest BCUT2D eigenvalue weighted by Crippen LogP contribution is 2.22. The molecule has 0 aliphatic heterocycles. The number of aryl methyl sites for hydroxylation is 1. The highest BCUT2D eigenvalue weighted by Gasteiger charge is 2.29. The van der Waals surface area contributed by atoms with Crippen LogP contribution in [0, 0.1) is 18.6 Å². The summed E-state index contributed by atoms with van der Waals surface area (Å²) in [7, 11) is -1.40. The predicted octanol–water partition coefficient (Wildman–Crippen LogP) is 1.22. The molecule has 0 radical (unpaired) electrons. The van der Waals surface area contributed by atoms with Gasteiger partial charge in [0.1, 0.15) is 23.3 Å². The molecule has 114 valence electrons. The molecule has 0 fully saturated rings. The average molecular weight is 316 g/mol. The summed E-state index contributed by atoms with van der Waals surface area (Å²) in [6, 6.07) is 2.91. The van der Waals surface area contributed by atoms with Crippen LogP contribution in [0.1, 0.15) is 11.6 Å². The summed E-state index contributed by atoms with van der Waals surface area (Å²) < 4.78 is 54.3. The lowest BCUT2D eigenvalue weighted by Crippen LogP contribution is -2.29. The molecule has 9 heteroatoms. The third-order valence-electron chi connectivity index (χ3n) is 3.13. The van der Waals surface area contributed by atoms with Crippen molar-refractivity contribution in [3.8, 4) is 0 Å². The standard InChI is InChI=1S/C12H14F2N4O2S/c1-8-15-16-11(18(8)3)7-17(2)21(19,20)12-9(13)5-4-6-10(12)14/h4-6H,7H2,1-3H3. The lowest BCUT2D eigenvalue weighted by molar-refractivity contribution is 0.435. The van der Waals surface area contributed by atoms with E-state index in [0.717, 1.165) is 22.5 Å². The smallest absolute Gasteiger partial charge is 0.249 e. The number of rotatable bonds is 4. The van der Waals surface area contributed by atoms with Crippen molar-refractivity contribution in [3.63, 3.8) is 0 Å². The second kappa shape index (κ2) is 5.49. The van der Waals surface area contributed by atoms with Gasteiger partial charge in [-0.1, -0.05) is 6.07 Å². The zero-order valence-corrected chi connectivity index (χ0v) is 12.5. The molecule has 0 atom stereocenters. The van der Waals surface area contributed by atoms with Crippen LogP contribution in [-0.4, -0.2) is 34.5 Å². The normalized spacial score (nSPS) is 12.1. The van der Waals surface area contributed by atoms with Gasteiger partial charge in [-0.05, 0) is 19.1 Å². The SMILES string of the molecule is Cc1nnc(CN(C)S(=O)(=O)c2c(F)cccc2F)n1C. The molecule has 0 amide bonds. The molecule has 0 saturated heterocycles. The summed E-state index contributed by atoms with van der Waals surface area (Å²) in [5.74, 6) is -1.28. The van der Waals surface area contributed by atoms with Gasteiger partial charge in [0.15, 0.2) is 4.90 Å². The minimum atomic E-state index is -4.30. The molecule has 0 saturated carbocycles. The van der Waals surface area contributed by atoms with Gasteiger partial charge in [-0.15, -0.1) is 10.2 Å². The Morgan fingerprint density at radius 1 is 1.24 bits per heavy atom. The van der Waals surface area contributed by atoms with Crippen LogP contribution in [0.3, 0.4) is 0 Å². The van der Waals surface area contributed by atoms with Crippen LogP contribution in [0.5, 0.6) is 0 Å². The van der Waals surface area contributed by atoms with Crippen molar-refractivity contribution in [2.45, 2.75) is 18.4 Å². The third-order valence-corrected chi connectivity index (χ3v) is 4.99. The van der Waals surface area contributed by atoms with E-state index in [1.165, 1.54) is 7.05 Å². The first-order valence-electron chi connectivity index (χ1n) is 6.00. The first-order valence-corrected chi connectivity index (χ1v) is 7.44. The molecule has 0 aliphatic carbocycles. The average Bonchev–Trinajstić information content (AvgIpc) is 2.70. The maximum absolute atomic E-state index is 13.6. The van der Waals surface area contributed by atoms with Crippen LogP contribution in [0.2, 0.25) is 0 Å². The lowest BCUT2D eigenvalue weighted by Gasteiger charge is -2.17. The van der Waals surface area contributed by atoms with Crippen molar-refractivity contribution >= 4 is 10.0 Å². The first-order chi connectivity index (χ1) is 9.75. The van der Waals surface area contributed by atoms with E-state index >= 15 is 0 Å². The Balaban J connectivity index is 2.38. The van der Waals surface area contributed by atoms with Gasteiger partial charge in [0, 0.05) is 14.1 Å². The molecular formula is C12H14F2N4O2S. The number of nitrogens with zero attached hydrogens (tertiary/aromatic N) is 4. The van der Waals surface area contributed by atoms with Gasteiger partial charge in [-0.2, -0.15) is 4.31 Å². The number of halogens is 2. The summed E-state index contributed by atoms with van der Waals surface area (Å²) in [6.07, 6.45) is 0. The zero-order chi connectivity index (χ0) is 15.8. The molecule has 6 nitrogen and oxygen atoms in total. The highest BCUT2D eigenvalue weighted by molar-refractivity contribution is 7.89. The Morgan fingerprint density at radius 2 is 1.81 bits per heavy atom. The van der Waals surface area contributed by atoms with Gasteiger partial charge >= 0.3 is 0 Å². The second-order valence-electron chi connectivity index (χ2n) is 4.53. The maximum atomic E-state index is 13.6. The zero-order valence-electron chi connectivity index (χ0n) is 11.7. The fourth-order valence-corrected chi connectivity index (χ4v) is 2.98. The Bertz CT molecular complexity index is 753. The van der Waals surface area contributed by atoms with E-state index in [-0.39, 0.29) is 6.54 Å². The summed E-state index contributed by atoms with van der Waals surface area (Å²) in [4.78, 5) is -0.966. The largest absolute Gasteiger partial charge is 0.317 e. The molecule has 1 aromatic heterocycles. The van der Waals surface area contributed by atoms with E-state index in [0.29, 0.717) is 11.6 Å². The van der Waals surface area contributed by atoms with Crippen LogP contribution < -0.4 is 0 Å². The topological polar surface area (TPSA) is 68.1 Å². The summed E-state index contributed by atoms with van der Waals surface area (Å²) in [5.41, 5.74) is 0. The van der Waals surface area contributed by atoms with E-state index in [9.17, 15) is 17.2 Å². The molecule has 0 aliphatic rings. The van der Waals surface area contributed by atoms with Crippen LogP contribution in [-0.2, 0) is 23.6 Å². The molecule has 2 aromatic rings. The molecule has 0 bridgehead atoms. The second-order valence-corrected chi connectivity index (χ2v) is 6.52. The monoisotopic (exact) mass is 316 g/mol. The van der Waals surface area contributed by atoms with Crippen LogP contribution >= 0.6 is 0 Å². The molecule has 1 heterocycles. The van der Waals surface area contributed by atoms with Crippen LogP contribution in [0.4, 0.5) is 8.78 Å². The van der Waals surface area contributed by atoms with Crippen molar-refractivity contribution in [1.82, 2.24) is 19.1 Å². The van der Waals surface area contributed by atoms with Crippen molar-refractivity contribution < 1.29 is 17.2 Å². The van der Waals surface area contributed by atoms with Crippen LogP contribution in [0.25, 0.3) is 0 Å². The Morgan fingerprint density at radius 3 is 2.29 bits per heavy atom. The maximum Gasteiger partial charge on any atom is 0.249 e. The molecule has 0 N–H and O–H groups in total. The minimum Gasteiger partial charge on any atom is -0.317 e. The molecule has 21 heavy (non-hydrogen) atoms. The minimum absolute atomic E-state index is 0.145. The van der Waals surface area contributed by atoms with Crippen molar-refractivity contribution in [3.05, 3.63) is 41.5 Å². The van der Waals surface area contributed by atoms with E-state index in [1.807, 2.05) is 0 Å². The molecule has 2 rings (SSSR count). The molecule has 0 unspecified atom stereocenters. The Labute approximate surface area is 121 Å². The number of hydrogen-bond acceptors (Lipinski definition) is 4. The first kappa shape index (κ1) is 15.5. The summed E-state index contributed by atoms with van der Waals surface area (Å²) in [6.45, 7) is 1.56. The van der Waals surface area contributed by atoms with Gasteiger partial charge in [0.2, 0.25) is 10.0 Å². The number of sulfonamides is 1. The third kappa shape index (κ3) is 2.79. The van der Waals surface area contributed by atoms with E-state index in [2.05, 4.69) is 10.2 Å². The quantitative estimate of drug-likeness (QED) is 0.850. The molecule has 1 aromatic carbocycles. The highest BCUT2D eigenvalue weighted by atomic mass is 32.2. The molecular weight excluding hydrogens is 302 g/mol. The van der Waals surface area contributed by atoms with Crippen molar-refractivity contribution in [1.29, 1.82) is 0 Å². The lowest BCUT2D eigenvalue weighted by atomic mass is 10.3. The van der Waals surface area contributed by atoms with E-state index in [4.69, 9.17) is 0 Å². The number of benzene rings is 1. The predicted molar refractivity (Wildman–Crippen MR) is 70.8 cm³/mol. The van der Waals surface area contributed by atoms with E-state index in [1.54, 1.807) is 18.5 Å². The van der Waals surface area contributed by atoms with Crippen molar-refractivity contribution in [2.24, 2.45) is 7.05 Å². The van der Waals surface area contributed by atoms with Gasteiger partial charge in [0.25, 0.3) is 0 Å². The van der Waals surface area contributed by atoms with Gasteiger partial charge < -0.3 is 4.57 Å². The Hall–Kier alpha value is -1.87.